The minimum atomic E-state index is -0.853. The van der Waals surface area contributed by atoms with Gasteiger partial charge in [-0.05, 0) is 26.7 Å². The fourth-order valence-corrected chi connectivity index (χ4v) is 2.90. The van der Waals surface area contributed by atoms with E-state index >= 15 is 0 Å². The van der Waals surface area contributed by atoms with Crippen molar-refractivity contribution in [3.8, 4) is 0 Å². The second kappa shape index (κ2) is 5.88. The second-order valence-electron chi connectivity index (χ2n) is 5.09. The number of nitrogens with zero attached hydrogens (tertiary/aromatic N) is 2. The van der Waals surface area contributed by atoms with Gasteiger partial charge in [0.1, 0.15) is 5.69 Å². The van der Waals surface area contributed by atoms with Crippen molar-refractivity contribution in [3.05, 3.63) is 16.1 Å². The topological polar surface area (TPSA) is 79.7 Å². The van der Waals surface area contributed by atoms with Gasteiger partial charge in [-0.1, -0.05) is 0 Å². The Balaban J connectivity index is 2.08. The maximum atomic E-state index is 12.3. The van der Waals surface area contributed by atoms with Crippen LogP contribution < -0.4 is 0 Å². The van der Waals surface area contributed by atoms with E-state index < -0.39 is 11.6 Å². The lowest BCUT2D eigenvalue weighted by molar-refractivity contribution is -0.0109. The maximum Gasteiger partial charge on any atom is 0.367 e. The number of hydrogen-bond acceptors (Lipinski definition) is 6. The Morgan fingerprint density at radius 2 is 2.35 bits per heavy atom. The number of likely N-dealkylation sites (tertiary alicyclic amines) is 1. The smallest absolute Gasteiger partial charge is 0.367 e. The van der Waals surface area contributed by atoms with Crippen LogP contribution in [-0.4, -0.2) is 52.2 Å². The molecule has 1 saturated heterocycles. The van der Waals surface area contributed by atoms with Crippen LogP contribution in [0.25, 0.3) is 0 Å². The highest BCUT2D eigenvalue weighted by Crippen LogP contribution is 2.22. The van der Waals surface area contributed by atoms with Crippen molar-refractivity contribution < 1.29 is 19.4 Å². The molecule has 0 radical (unpaired) electrons. The SMILES string of the molecule is CCOC(=O)c1nc(C(=O)N2CCCC(C)(O)C2)cs1. The van der Waals surface area contributed by atoms with E-state index in [2.05, 4.69) is 4.98 Å². The number of thiazole rings is 1. The Hall–Kier alpha value is -1.47. The van der Waals surface area contributed by atoms with Crippen LogP contribution in [0.15, 0.2) is 5.38 Å². The van der Waals surface area contributed by atoms with Crippen LogP contribution >= 0.6 is 11.3 Å². The second-order valence-corrected chi connectivity index (χ2v) is 5.94. The van der Waals surface area contributed by atoms with E-state index in [9.17, 15) is 14.7 Å². The van der Waals surface area contributed by atoms with Crippen LogP contribution in [0.1, 0.15) is 47.0 Å². The van der Waals surface area contributed by atoms with Crippen LogP contribution in [0.3, 0.4) is 0 Å². The summed E-state index contributed by atoms with van der Waals surface area (Å²) in [6.45, 7) is 4.60. The Morgan fingerprint density at radius 1 is 1.60 bits per heavy atom. The normalized spacial score (nSPS) is 22.6. The maximum absolute atomic E-state index is 12.3. The summed E-state index contributed by atoms with van der Waals surface area (Å²) in [5, 5.41) is 11.8. The first-order valence-electron chi connectivity index (χ1n) is 6.57. The zero-order chi connectivity index (χ0) is 14.8. The summed E-state index contributed by atoms with van der Waals surface area (Å²) in [5.41, 5.74) is -0.621. The van der Waals surface area contributed by atoms with Gasteiger partial charge < -0.3 is 14.7 Å². The lowest BCUT2D eigenvalue weighted by Gasteiger charge is -2.36. The number of hydrogen-bond donors (Lipinski definition) is 1. The fraction of sp³-hybridized carbons (Fsp3) is 0.615. The Kier molecular flexibility index (Phi) is 4.39. The number of rotatable bonds is 3. The fourth-order valence-electron chi connectivity index (χ4n) is 2.21. The van der Waals surface area contributed by atoms with Crippen molar-refractivity contribution in [1.82, 2.24) is 9.88 Å². The summed E-state index contributed by atoms with van der Waals surface area (Å²) in [7, 11) is 0. The van der Waals surface area contributed by atoms with E-state index in [-0.39, 0.29) is 29.8 Å². The first-order valence-corrected chi connectivity index (χ1v) is 7.45. The van der Waals surface area contributed by atoms with Crippen LogP contribution in [0, 0.1) is 0 Å². The number of carbonyl (C=O) groups excluding carboxylic acids is 2. The highest BCUT2D eigenvalue weighted by Gasteiger charge is 2.32. The van der Waals surface area contributed by atoms with Gasteiger partial charge in [-0.15, -0.1) is 11.3 Å². The van der Waals surface area contributed by atoms with Gasteiger partial charge in [0.25, 0.3) is 5.91 Å². The molecule has 1 aliphatic heterocycles. The zero-order valence-electron chi connectivity index (χ0n) is 11.6. The van der Waals surface area contributed by atoms with Gasteiger partial charge in [0, 0.05) is 18.5 Å². The molecule has 1 aliphatic rings. The number of β-amino-alcohol motifs (C(OH)–C–C–N with tert-alkyl or cyclic N) is 1. The predicted molar refractivity (Wildman–Crippen MR) is 73.8 cm³/mol. The van der Waals surface area contributed by atoms with Crippen LogP contribution in [0.4, 0.5) is 0 Å². The van der Waals surface area contributed by atoms with Crippen molar-refractivity contribution in [1.29, 1.82) is 0 Å². The van der Waals surface area contributed by atoms with Gasteiger partial charge in [0.15, 0.2) is 0 Å². The molecule has 6 nitrogen and oxygen atoms in total. The largest absolute Gasteiger partial charge is 0.461 e. The minimum Gasteiger partial charge on any atom is -0.461 e. The molecule has 7 heteroatoms. The average Bonchev–Trinajstić information content (AvgIpc) is 2.86. The molecular weight excluding hydrogens is 280 g/mol. The quantitative estimate of drug-likeness (QED) is 0.851. The molecule has 0 aromatic carbocycles. The third-order valence-corrected chi connectivity index (χ3v) is 3.96. The molecule has 110 valence electrons. The summed E-state index contributed by atoms with van der Waals surface area (Å²) in [6.07, 6.45) is 1.44. The molecule has 2 rings (SSSR count). The van der Waals surface area contributed by atoms with Crippen LogP contribution in [0.2, 0.25) is 0 Å². The average molecular weight is 298 g/mol. The van der Waals surface area contributed by atoms with Crippen molar-refractivity contribution in [2.24, 2.45) is 0 Å². The van der Waals surface area contributed by atoms with Crippen molar-refractivity contribution in [3.63, 3.8) is 0 Å². The first-order chi connectivity index (χ1) is 9.43. The molecule has 0 aliphatic carbocycles. The molecule has 2 heterocycles. The summed E-state index contributed by atoms with van der Waals surface area (Å²) in [4.78, 5) is 29.4. The van der Waals surface area contributed by atoms with E-state index in [0.29, 0.717) is 13.0 Å². The summed E-state index contributed by atoms with van der Waals surface area (Å²) < 4.78 is 4.84. The van der Waals surface area contributed by atoms with E-state index in [0.717, 1.165) is 17.8 Å². The van der Waals surface area contributed by atoms with Crippen molar-refractivity contribution in [2.75, 3.05) is 19.7 Å². The molecule has 20 heavy (non-hydrogen) atoms. The Labute approximate surface area is 121 Å². The number of aliphatic hydroxyl groups is 1. The lowest BCUT2D eigenvalue weighted by Crippen LogP contribution is -2.48. The number of esters is 1. The van der Waals surface area contributed by atoms with Crippen molar-refractivity contribution in [2.45, 2.75) is 32.3 Å². The molecule has 0 saturated carbocycles. The van der Waals surface area contributed by atoms with Gasteiger partial charge in [-0.25, -0.2) is 9.78 Å². The Morgan fingerprint density at radius 3 is 3.00 bits per heavy atom. The number of amides is 1. The van der Waals surface area contributed by atoms with Gasteiger partial charge >= 0.3 is 5.97 Å². The van der Waals surface area contributed by atoms with Crippen molar-refractivity contribution >= 4 is 23.2 Å². The molecule has 1 atom stereocenters. The van der Waals surface area contributed by atoms with Gasteiger partial charge in [0.2, 0.25) is 5.01 Å². The molecule has 1 fully saturated rings. The third-order valence-electron chi connectivity index (χ3n) is 3.14. The Bertz CT molecular complexity index is 512. The molecule has 1 aromatic heterocycles. The van der Waals surface area contributed by atoms with Gasteiger partial charge in [0.05, 0.1) is 12.2 Å². The van der Waals surface area contributed by atoms with E-state index in [1.54, 1.807) is 24.1 Å². The molecule has 1 unspecified atom stereocenters. The zero-order valence-corrected chi connectivity index (χ0v) is 12.4. The number of carbonyl (C=O) groups is 2. The van der Waals surface area contributed by atoms with E-state index in [4.69, 9.17) is 4.74 Å². The predicted octanol–water partition coefficient (Wildman–Crippen LogP) is 1.31. The summed E-state index contributed by atoms with van der Waals surface area (Å²) >= 11 is 1.09. The van der Waals surface area contributed by atoms with E-state index in [1.807, 2.05) is 0 Å². The van der Waals surface area contributed by atoms with Crippen LogP contribution in [0.5, 0.6) is 0 Å². The highest BCUT2D eigenvalue weighted by molar-refractivity contribution is 7.11. The van der Waals surface area contributed by atoms with Gasteiger partial charge in [-0.3, -0.25) is 4.79 Å². The first kappa shape index (κ1) is 14.9. The molecule has 0 bridgehead atoms. The molecular formula is C13H18N2O4S. The van der Waals surface area contributed by atoms with Crippen LogP contribution in [-0.2, 0) is 4.74 Å². The number of aromatic nitrogens is 1. The number of ether oxygens (including phenoxy) is 1. The molecule has 1 amide bonds. The molecule has 1 aromatic rings. The summed E-state index contributed by atoms with van der Waals surface area (Å²) in [6, 6.07) is 0. The number of piperidine rings is 1. The third kappa shape index (κ3) is 3.34. The monoisotopic (exact) mass is 298 g/mol. The van der Waals surface area contributed by atoms with Gasteiger partial charge in [-0.2, -0.15) is 0 Å². The molecule has 1 N–H and O–H groups in total. The summed E-state index contributed by atoms with van der Waals surface area (Å²) in [5.74, 6) is -0.765. The standard InChI is InChI=1S/C13H18N2O4S/c1-3-19-12(17)10-14-9(7-20-10)11(16)15-6-4-5-13(2,18)8-15/h7,18H,3-6,8H2,1-2H3. The minimum absolute atomic E-state index is 0.180. The highest BCUT2D eigenvalue weighted by atomic mass is 32.1. The van der Waals surface area contributed by atoms with E-state index in [1.165, 1.54) is 0 Å². The molecule has 0 spiro atoms. The lowest BCUT2D eigenvalue weighted by atomic mass is 9.95.